The number of para-hydroxylation sites is 1. The number of hydrogen-bond acceptors (Lipinski definition) is 2. The summed E-state index contributed by atoms with van der Waals surface area (Å²) >= 11 is 0. The number of hydrogen-bond donors (Lipinski definition) is 2. The van der Waals surface area contributed by atoms with E-state index in [0.29, 0.717) is 6.54 Å². The lowest BCUT2D eigenvalue weighted by molar-refractivity contribution is 0.140. The van der Waals surface area contributed by atoms with Crippen molar-refractivity contribution in [1.82, 2.24) is 4.90 Å². The molecule has 16 heavy (non-hydrogen) atoms. The molecule has 1 saturated heterocycles. The minimum absolute atomic E-state index is 0.00106. The lowest BCUT2D eigenvalue weighted by Crippen LogP contribution is -2.29. The minimum atomic E-state index is -0.826. The Hall–Kier alpha value is -1.71. The lowest BCUT2D eigenvalue weighted by atomic mass is 10.0. The second kappa shape index (κ2) is 4.43. The maximum absolute atomic E-state index is 11.1. The topological polar surface area (TPSA) is 52.6 Å². The standard InChI is InChI=1S/C12H16N2O2/c1-13-10-6-3-2-5-9(10)11-7-4-8-14(11)12(15)16/h2-3,5-6,11,13H,4,7-8H2,1H3,(H,15,16). The van der Waals surface area contributed by atoms with Crippen molar-refractivity contribution in [2.24, 2.45) is 0 Å². The average molecular weight is 220 g/mol. The quantitative estimate of drug-likeness (QED) is 0.805. The first-order valence-corrected chi connectivity index (χ1v) is 5.50. The molecule has 86 valence electrons. The SMILES string of the molecule is CNc1ccccc1C1CCCN1C(=O)O. The van der Waals surface area contributed by atoms with E-state index in [2.05, 4.69) is 5.32 Å². The molecular formula is C12H16N2O2. The van der Waals surface area contributed by atoms with Gasteiger partial charge in [0.1, 0.15) is 0 Å². The Balaban J connectivity index is 2.32. The summed E-state index contributed by atoms with van der Waals surface area (Å²) in [4.78, 5) is 12.6. The summed E-state index contributed by atoms with van der Waals surface area (Å²) in [6, 6.07) is 7.89. The van der Waals surface area contributed by atoms with Gasteiger partial charge in [-0.15, -0.1) is 0 Å². The number of rotatable bonds is 2. The largest absolute Gasteiger partial charge is 0.465 e. The van der Waals surface area contributed by atoms with Crippen LogP contribution in [-0.4, -0.2) is 29.7 Å². The van der Waals surface area contributed by atoms with Gasteiger partial charge in [0.15, 0.2) is 0 Å². The molecule has 1 aromatic rings. The summed E-state index contributed by atoms with van der Waals surface area (Å²) in [6.45, 7) is 0.637. The second-order valence-corrected chi connectivity index (χ2v) is 3.97. The van der Waals surface area contributed by atoms with Gasteiger partial charge in [0, 0.05) is 19.3 Å². The fraction of sp³-hybridized carbons (Fsp3) is 0.417. The lowest BCUT2D eigenvalue weighted by Gasteiger charge is -2.23. The molecule has 1 aliphatic heterocycles. The summed E-state index contributed by atoms with van der Waals surface area (Å²) in [5.74, 6) is 0. The van der Waals surface area contributed by atoms with E-state index in [0.717, 1.165) is 24.1 Å². The third-order valence-electron chi connectivity index (χ3n) is 3.09. The summed E-state index contributed by atoms with van der Waals surface area (Å²) in [5.41, 5.74) is 2.09. The van der Waals surface area contributed by atoms with Crippen molar-refractivity contribution in [3.05, 3.63) is 29.8 Å². The van der Waals surface area contributed by atoms with Crippen molar-refractivity contribution < 1.29 is 9.90 Å². The third-order valence-corrected chi connectivity index (χ3v) is 3.09. The highest BCUT2D eigenvalue weighted by Crippen LogP contribution is 2.35. The van der Waals surface area contributed by atoms with Crippen LogP contribution in [-0.2, 0) is 0 Å². The van der Waals surface area contributed by atoms with Crippen LogP contribution in [0.5, 0.6) is 0 Å². The molecule has 1 aliphatic rings. The van der Waals surface area contributed by atoms with Crippen molar-refractivity contribution in [2.75, 3.05) is 18.9 Å². The predicted octanol–water partition coefficient (Wildman–Crippen LogP) is 2.54. The smallest absolute Gasteiger partial charge is 0.407 e. The van der Waals surface area contributed by atoms with Crippen molar-refractivity contribution in [1.29, 1.82) is 0 Å². The van der Waals surface area contributed by atoms with E-state index < -0.39 is 6.09 Å². The first kappa shape index (κ1) is 10.8. The molecule has 0 aliphatic carbocycles. The molecule has 2 N–H and O–H groups in total. The summed E-state index contributed by atoms with van der Waals surface area (Å²) in [6.07, 6.45) is 1.02. The van der Waals surface area contributed by atoms with E-state index in [1.54, 1.807) is 0 Å². The minimum Gasteiger partial charge on any atom is -0.465 e. The van der Waals surface area contributed by atoms with Crippen LogP contribution in [0, 0.1) is 0 Å². The fourth-order valence-electron chi connectivity index (χ4n) is 2.33. The van der Waals surface area contributed by atoms with Crippen LogP contribution >= 0.6 is 0 Å². The zero-order valence-corrected chi connectivity index (χ0v) is 9.31. The summed E-state index contributed by atoms with van der Waals surface area (Å²) in [7, 11) is 1.86. The monoisotopic (exact) mass is 220 g/mol. The number of anilines is 1. The predicted molar refractivity (Wildman–Crippen MR) is 62.7 cm³/mol. The van der Waals surface area contributed by atoms with Gasteiger partial charge in [-0.1, -0.05) is 18.2 Å². The molecule has 4 heteroatoms. The highest BCUT2D eigenvalue weighted by atomic mass is 16.4. The molecule has 1 amide bonds. The zero-order chi connectivity index (χ0) is 11.5. The normalized spacial score (nSPS) is 19.8. The Bertz CT molecular complexity index is 392. The molecule has 1 atom stereocenters. The molecule has 0 radical (unpaired) electrons. The van der Waals surface area contributed by atoms with Crippen LogP contribution in [0.4, 0.5) is 10.5 Å². The van der Waals surface area contributed by atoms with Gasteiger partial charge >= 0.3 is 6.09 Å². The van der Waals surface area contributed by atoms with E-state index >= 15 is 0 Å². The Labute approximate surface area is 94.9 Å². The van der Waals surface area contributed by atoms with Gasteiger partial charge in [0.05, 0.1) is 6.04 Å². The van der Waals surface area contributed by atoms with Crippen molar-refractivity contribution in [3.8, 4) is 0 Å². The van der Waals surface area contributed by atoms with E-state index in [1.165, 1.54) is 4.90 Å². The van der Waals surface area contributed by atoms with E-state index in [-0.39, 0.29) is 6.04 Å². The summed E-state index contributed by atoms with van der Waals surface area (Å²) in [5, 5.41) is 12.2. The number of carbonyl (C=O) groups is 1. The molecular weight excluding hydrogens is 204 g/mol. The first-order valence-electron chi connectivity index (χ1n) is 5.50. The van der Waals surface area contributed by atoms with Crippen LogP contribution in [0.2, 0.25) is 0 Å². The molecule has 0 aromatic heterocycles. The van der Waals surface area contributed by atoms with Crippen LogP contribution in [0.3, 0.4) is 0 Å². The summed E-state index contributed by atoms with van der Waals surface area (Å²) < 4.78 is 0. The number of likely N-dealkylation sites (tertiary alicyclic amines) is 1. The van der Waals surface area contributed by atoms with E-state index in [1.807, 2.05) is 31.3 Å². The highest BCUT2D eigenvalue weighted by molar-refractivity contribution is 5.67. The molecule has 1 unspecified atom stereocenters. The fourth-order valence-corrected chi connectivity index (χ4v) is 2.33. The van der Waals surface area contributed by atoms with Gasteiger partial charge < -0.3 is 15.3 Å². The van der Waals surface area contributed by atoms with Gasteiger partial charge in [0.2, 0.25) is 0 Å². The zero-order valence-electron chi connectivity index (χ0n) is 9.31. The maximum atomic E-state index is 11.1. The molecule has 1 aromatic carbocycles. The number of amides is 1. The Kier molecular flexibility index (Phi) is 2.99. The number of benzene rings is 1. The molecule has 0 bridgehead atoms. The maximum Gasteiger partial charge on any atom is 0.407 e. The van der Waals surface area contributed by atoms with E-state index in [4.69, 9.17) is 5.11 Å². The van der Waals surface area contributed by atoms with Gasteiger partial charge in [-0.05, 0) is 24.5 Å². The van der Waals surface area contributed by atoms with E-state index in [9.17, 15) is 4.79 Å². The molecule has 2 rings (SSSR count). The van der Waals surface area contributed by atoms with Crippen LogP contribution in [0.1, 0.15) is 24.4 Å². The van der Waals surface area contributed by atoms with Gasteiger partial charge in [-0.2, -0.15) is 0 Å². The van der Waals surface area contributed by atoms with Crippen molar-refractivity contribution >= 4 is 11.8 Å². The third kappa shape index (κ3) is 1.83. The average Bonchev–Trinajstić information content (AvgIpc) is 2.77. The molecule has 1 heterocycles. The Morgan fingerprint density at radius 1 is 1.50 bits per heavy atom. The molecule has 0 saturated carbocycles. The highest BCUT2D eigenvalue weighted by Gasteiger charge is 2.30. The molecule has 0 spiro atoms. The van der Waals surface area contributed by atoms with Crippen LogP contribution in [0.15, 0.2) is 24.3 Å². The van der Waals surface area contributed by atoms with Crippen molar-refractivity contribution in [2.45, 2.75) is 18.9 Å². The number of nitrogens with one attached hydrogen (secondary N) is 1. The van der Waals surface area contributed by atoms with Gasteiger partial charge in [-0.25, -0.2) is 4.79 Å². The van der Waals surface area contributed by atoms with Crippen LogP contribution < -0.4 is 5.32 Å². The van der Waals surface area contributed by atoms with Gasteiger partial charge in [-0.3, -0.25) is 0 Å². The Morgan fingerprint density at radius 2 is 2.25 bits per heavy atom. The number of carboxylic acid groups (broad SMARTS) is 1. The Morgan fingerprint density at radius 3 is 2.94 bits per heavy atom. The number of nitrogens with zero attached hydrogens (tertiary/aromatic N) is 1. The first-order chi connectivity index (χ1) is 7.74. The second-order valence-electron chi connectivity index (χ2n) is 3.97. The van der Waals surface area contributed by atoms with Gasteiger partial charge in [0.25, 0.3) is 0 Å². The molecule has 4 nitrogen and oxygen atoms in total. The van der Waals surface area contributed by atoms with Crippen LogP contribution in [0.25, 0.3) is 0 Å². The van der Waals surface area contributed by atoms with Crippen molar-refractivity contribution in [3.63, 3.8) is 0 Å². The molecule has 1 fully saturated rings.